The van der Waals surface area contributed by atoms with Crippen LogP contribution in [0.5, 0.6) is 0 Å². The fourth-order valence-electron chi connectivity index (χ4n) is 3.22. The predicted octanol–water partition coefficient (Wildman–Crippen LogP) is 6.43. The number of fused-ring (bicyclic) bond motifs is 1. The van der Waals surface area contributed by atoms with Gasteiger partial charge in [-0.15, -0.1) is 0 Å². The number of nitrogens with zero attached hydrogens (tertiary/aromatic N) is 4. The minimum absolute atomic E-state index is 0.480. The van der Waals surface area contributed by atoms with Crippen molar-refractivity contribution in [3.05, 3.63) is 70.3 Å². The molecule has 0 unspecified atom stereocenters. The third kappa shape index (κ3) is 3.77. The molecule has 0 amide bonds. The Morgan fingerprint density at radius 2 is 1.90 bits per heavy atom. The van der Waals surface area contributed by atoms with Crippen LogP contribution in [0.25, 0.3) is 22.4 Å². The molecule has 0 saturated heterocycles. The van der Waals surface area contributed by atoms with Crippen LogP contribution in [0.15, 0.2) is 54.7 Å². The highest BCUT2D eigenvalue weighted by Crippen LogP contribution is 2.32. The first kappa shape index (κ1) is 19.3. The Balaban J connectivity index is 1.71. The Hall–Kier alpha value is -3.07. The topological polar surface area (TPSA) is 66.5 Å². The van der Waals surface area contributed by atoms with Crippen LogP contribution in [0.3, 0.4) is 0 Å². The fourth-order valence-corrected chi connectivity index (χ4v) is 3.71. The van der Waals surface area contributed by atoms with Crippen molar-refractivity contribution in [1.29, 1.82) is 5.26 Å². The van der Waals surface area contributed by atoms with E-state index >= 15 is 0 Å². The number of para-hydroxylation sites is 1. The van der Waals surface area contributed by atoms with E-state index in [9.17, 15) is 0 Å². The molecule has 5 nitrogen and oxygen atoms in total. The number of nitrogens with one attached hydrogen (secondary N) is 1. The summed E-state index contributed by atoms with van der Waals surface area (Å²) < 4.78 is 2.11. The maximum Gasteiger partial charge on any atom is 0.149 e. The molecule has 0 radical (unpaired) electrons. The summed E-state index contributed by atoms with van der Waals surface area (Å²) in [7, 11) is 0. The van der Waals surface area contributed by atoms with Gasteiger partial charge in [-0.3, -0.25) is 0 Å². The summed E-state index contributed by atoms with van der Waals surface area (Å²) >= 11 is 12.9. The van der Waals surface area contributed by atoms with Crippen molar-refractivity contribution in [2.45, 2.75) is 19.9 Å². The second-order valence-electron chi connectivity index (χ2n) is 6.56. The molecule has 0 bridgehead atoms. The number of pyridine rings is 1. The van der Waals surface area contributed by atoms with E-state index in [0.29, 0.717) is 21.4 Å². The quantitative estimate of drug-likeness (QED) is 0.403. The normalized spacial score (nSPS) is 10.8. The molecule has 0 atom stereocenters. The average Bonchev–Trinajstić information content (AvgIpc) is 3.10. The van der Waals surface area contributed by atoms with E-state index in [4.69, 9.17) is 33.4 Å². The van der Waals surface area contributed by atoms with Crippen LogP contribution >= 0.6 is 23.2 Å². The first-order valence-corrected chi connectivity index (χ1v) is 9.94. The van der Waals surface area contributed by atoms with Crippen molar-refractivity contribution in [1.82, 2.24) is 14.5 Å². The van der Waals surface area contributed by atoms with Gasteiger partial charge in [-0.1, -0.05) is 36.2 Å². The minimum Gasteiger partial charge on any atom is -0.339 e. The number of hydrogen-bond donors (Lipinski definition) is 1. The molecule has 0 aliphatic carbocycles. The number of imidazole rings is 1. The van der Waals surface area contributed by atoms with Crippen molar-refractivity contribution >= 4 is 45.7 Å². The van der Waals surface area contributed by atoms with E-state index < -0.39 is 0 Å². The number of anilines is 2. The van der Waals surface area contributed by atoms with Crippen LogP contribution in [-0.2, 0) is 6.54 Å². The van der Waals surface area contributed by atoms with Crippen LogP contribution in [0.2, 0.25) is 10.0 Å². The predicted molar refractivity (Wildman–Crippen MR) is 118 cm³/mol. The molecule has 144 valence electrons. The Morgan fingerprint density at radius 3 is 2.59 bits per heavy atom. The molecular weight excluding hydrogens is 405 g/mol. The Labute approximate surface area is 178 Å². The number of hydrogen-bond acceptors (Lipinski definition) is 4. The summed E-state index contributed by atoms with van der Waals surface area (Å²) in [6.45, 7) is 2.90. The summed E-state index contributed by atoms with van der Waals surface area (Å²) in [5.74, 6) is 1.32. The van der Waals surface area contributed by atoms with Crippen molar-refractivity contribution in [2.75, 3.05) is 5.32 Å². The van der Waals surface area contributed by atoms with Gasteiger partial charge in [-0.05, 0) is 48.9 Å². The van der Waals surface area contributed by atoms with Gasteiger partial charge in [0, 0.05) is 24.0 Å². The molecule has 2 aromatic heterocycles. The molecule has 4 aromatic rings. The summed E-state index contributed by atoms with van der Waals surface area (Å²) in [6, 6.07) is 16.8. The van der Waals surface area contributed by atoms with Crippen LogP contribution < -0.4 is 5.32 Å². The van der Waals surface area contributed by atoms with E-state index in [1.807, 2.05) is 36.4 Å². The number of benzene rings is 2. The molecule has 4 rings (SSSR count). The summed E-state index contributed by atoms with van der Waals surface area (Å²) in [5.41, 5.74) is 3.98. The lowest BCUT2D eigenvalue weighted by atomic mass is 10.2. The number of nitriles is 1. The fraction of sp³-hybridized carbons (Fsp3) is 0.136. The van der Waals surface area contributed by atoms with E-state index in [-0.39, 0.29) is 0 Å². The molecule has 0 aliphatic heterocycles. The van der Waals surface area contributed by atoms with E-state index in [1.54, 1.807) is 18.3 Å². The smallest absolute Gasteiger partial charge is 0.149 e. The van der Waals surface area contributed by atoms with Crippen LogP contribution in [0.4, 0.5) is 11.5 Å². The average molecular weight is 422 g/mol. The molecule has 2 aromatic carbocycles. The number of aryl methyl sites for hydroxylation is 1. The number of aromatic nitrogens is 3. The first-order valence-electron chi connectivity index (χ1n) is 9.18. The highest BCUT2D eigenvalue weighted by Gasteiger charge is 2.16. The lowest BCUT2D eigenvalue weighted by molar-refractivity contribution is 0.704. The summed E-state index contributed by atoms with van der Waals surface area (Å²) in [5, 5.41) is 13.2. The van der Waals surface area contributed by atoms with Crippen molar-refractivity contribution in [2.24, 2.45) is 0 Å². The summed E-state index contributed by atoms with van der Waals surface area (Å²) in [4.78, 5) is 9.26. The first-order chi connectivity index (χ1) is 14.1. The minimum atomic E-state index is 0.480. The second-order valence-corrected chi connectivity index (χ2v) is 7.38. The van der Waals surface area contributed by atoms with Crippen molar-refractivity contribution < 1.29 is 0 Å². The van der Waals surface area contributed by atoms with Gasteiger partial charge in [0.15, 0.2) is 0 Å². The highest BCUT2D eigenvalue weighted by atomic mass is 35.5. The molecule has 7 heteroatoms. The largest absolute Gasteiger partial charge is 0.339 e. The SMILES string of the molecule is CCCn1c(-c2cnc(Nc3ccc(C#N)cc3)c(Cl)c2)nc2cccc(Cl)c21. The van der Waals surface area contributed by atoms with Gasteiger partial charge >= 0.3 is 0 Å². The van der Waals surface area contributed by atoms with Crippen LogP contribution in [-0.4, -0.2) is 14.5 Å². The number of halogens is 2. The van der Waals surface area contributed by atoms with Gasteiger partial charge < -0.3 is 9.88 Å². The zero-order chi connectivity index (χ0) is 20.4. The Morgan fingerprint density at radius 1 is 1.10 bits per heavy atom. The molecule has 0 aliphatic rings. The number of rotatable bonds is 5. The summed E-state index contributed by atoms with van der Waals surface area (Å²) in [6.07, 6.45) is 2.70. The molecule has 0 saturated carbocycles. The Kier molecular flexibility index (Phi) is 5.39. The molecule has 2 heterocycles. The maximum atomic E-state index is 8.91. The van der Waals surface area contributed by atoms with E-state index in [0.717, 1.165) is 41.1 Å². The van der Waals surface area contributed by atoms with E-state index in [2.05, 4.69) is 27.9 Å². The molecular formula is C22H17Cl2N5. The Bertz CT molecular complexity index is 1220. The van der Waals surface area contributed by atoms with Gasteiger partial charge in [0.05, 0.1) is 32.7 Å². The zero-order valence-corrected chi connectivity index (χ0v) is 17.2. The van der Waals surface area contributed by atoms with Gasteiger partial charge in [0.2, 0.25) is 0 Å². The standard InChI is InChI=1S/C22H17Cl2N5/c1-2-10-29-20-17(23)4-3-5-19(20)28-22(29)15-11-18(24)21(26-13-15)27-16-8-6-14(12-25)7-9-16/h3-9,11,13H,2,10H2,1H3,(H,26,27). The van der Waals surface area contributed by atoms with Gasteiger partial charge in [0.25, 0.3) is 0 Å². The van der Waals surface area contributed by atoms with Gasteiger partial charge in [0.1, 0.15) is 11.6 Å². The van der Waals surface area contributed by atoms with Gasteiger partial charge in [-0.2, -0.15) is 5.26 Å². The molecule has 0 fully saturated rings. The third-order valence-electron chi connectivity index (χ3n) is 4.54. The highest BCUT2D eigenvalue weighted by molar-refractivity contribution is 6.35. The molecule has 29 heavy (non-hydrogen) atoms. The second kappa shape index (κ2) is 8.12. The third-order valence-corrected chi connectivity index (χ3v) is 5.13. The zero-order valence-electron chi connectivity index (χ0n) is 15.7. The lowest BCUT2D eigenvalue weighted by Gasteiger charge is -2.11. The van der Waals surface area contributed by atoms with E-state index in [1.165, 1.54) is 0 Å². The van der Waals surface area contributed by atoms with Crippen LogP contribution in [0, 0.1) is 11.3 Å². The lowest BCUT2D eigenvalue weighted by Crippen LogP contribution is -2.01. The van der Waals surface area contributed by atoms with Gasteiger partial charge in [-0.25, -0.2) is 9.97 Å². The van der Waals surface area contributed by atoms with Crippen molar-refractivity contribution in [3.63, 3.8) is 0 Å². The monoisotopic (exact) mass is 421 g/mol. The maximum absolute atomic E-state index is 8.91. The molecule has 0 spiro atoms. The van der Waals surface area contributed by atoms with Crippen LogP contribution in [0.1, 0.15) is 18.9 Å². The molecule has 1 N–H and O–H groups in total. The van der Waals surface area contributed by atoms with Crippen molar-refractivity contribution in [3.8, 4) is 17.5 Å².